The van der Waals surface area contributed by atoms with Crippen molar-refractivity contribution in [2.45, 2.75) is 6.92 Å². The van der Waals surface area contributed by atoms with E-state index < -0.39 is 5.82 Å². The Bertz CT molecular complexity index is 708. The number of nitriles is 2. The van der Waals surface area contributed by atoms with E-state index in [0.29, 0.717) is 16.9 Å². The van der Waals surface area contributed by atoms with Gasteiger partial charge in [0.1, 0.15) is 18.0 Å². The van der Waals surface area contributed by atoms with Crippen LogP contribution >= 0.6 is 0 Å². The van der Waals surface area contributed by atoms with Crippen LogP contribution in [0.15, 0.2) is 36.4 Å². The van der Waals surface area contributed by atoms with Gasteiger partial charge in [0, 0.05) is 5.69 Å². The summed E-state index contributed by atoms with van der Waals surface area (Å²) in [5.74, 6) is -0.558. The van der Waals surface area contributed by atoms with E-state index in [4.69, 9.17) is 10.5 Å². The SMILES string of the molecule is Cc1ccc(C#N)c(Nc2ccc(F)c(C#N)c2)c1. The van der Waals surface area contributed by atoms with Crippen LogP contribution < -0.4 is 5.32 Å². The first-order valence-electron chi connectivity index (χ1n) is 5.61. The number of benzene rings is 2. The third-order valence-electron chi connectivity index (χ3n) is 2.66. The Hall–Kier alpha value is -2.85. The summed E-state index contributed by atoms with van der Waals surface area (Å²) in [4.78, 5) is 0. The van der Waals surface area contributed by atoms with Gasteiger partial charge < -0.3 is 5.32 Å². The predicted molar refractivity (Wildman–Crippen MR) is 70.3 cm³/mol. The molecule has 0 unspecified atom stereocenters. The van der Waals surface area contributed by atoms with Crippen molar-refractivity contribution >= 4 is 11.4 Å². The van der Waals surface area contributed by atoms with Crippen molar-refractivity contribution in [3.63, 3.8) is 0 Å². The van der Waals surface area contributed by atoms with Crippen molar-refractivity contribution in [2.75, 3.05) is 5.32 Å². The monoisotopic (exact) mass is 251 g/mol. The predicted octanol–water partition coefficient (Wildman–Crippen LogP) is 3.62. The molecule has 0 spiro atoms. The van der Waals surface area contributed by atoms with E-state index in [1.54, 1.807) is 12.1 Å². The van der Waals surface area contributed by atoms with Crippen LogP contribution in [0.1, 0.15) is 16.7 Å². The summed E-state index contributed by atoms with van der Waals surface area (Å²) in [6.45, 7) is 1.91. The van der Waals surface area contributed by atoms with Crippen molar-refractivity contribution in [3.05, 3.63) is 58.9 Å². The molecule has 0 bridgehead atoms. The van der Waals surface area contributed by atoms with E-state index in [9.17, 15) is 4.39 Å². The van der Waals surface area contributed by atoms with Gasteiger partial charge >= 0.3 is 0 Å². The third-order valence-corrected chi connectivity index (χ3v) is 2.66. The van der Waals surface area contributed by atoms with Crippen molar-refractivity contribution in [2.24, 2.45) is 0 Å². The molecule has 0 amide bonds. The number of nitrogens with one attached hydrogen (secondary N) is 1. The third kappa shape index (κ3) is 2.70. The van der Waals surface area contributed by atoms with Crippen molar-refractivity contribution < 1.29 is 4.39 Å². The van der Waals surface area contributed by atoms with Crippen LogP contribution in [0.3, 0.4) is 0 Å². The molecule has 2 rings (SSSR count). The molecule has 3 nitrogen and oxygen atoms in total. The van der Waals surface area contributed by atoms with E-state index >= 15 is 0 Å². The lowest BCUT2D eigenvalue weighted by Gasteiger charge is -2.09. The Kier molecular flexibility index (Phi) is 3.45. The molecular weight excluding hydrogens is 241 g/mol. The highest BCUT2D eigenvalue weighted by Crippen LogP contribution is 2.23. The Morgan fingerprint density at radius 2 is 1.74 bits per heavy atom. The highest BCUT2D eigenvalue weighted by molar-refractivity contribution is 5.68. The van der Waals surface area contributed by atoms with E-state index in [1.807, 2.05) is 19.1 Å². The van der Waals surface area contributed by atoms with E-state index in [2.05, 4.69) is 11.4 Å². The minimum atomic E-state index is -0.558. The maximum atomic E-state index is 13.2. The molecule has 92 valence electrons. The second-order valence-electron chi connectivity index (χ2n) is 4.09. The summed E-state index contributed by atoms with van der Waals surface area (Å²) in [6.07, 6.45) is 0. The zero-order valence-corrected chi connectivity index (χ0v) is 10.2. The molecule has 0 atom stereocenters. The van der Waals surface area contributed by atoms with Crippen LogP contribution in [0.2, 0.25) is 0 Å². The average molecular weight is 251 g/mol. The van der Waals surface area contributed by atoms with Crippen LogP contribution in [0.4, 0.5) is 15.8 Å². The molecule has 0 aromatic heterocycles. The number of rotatable bonds is 2. The van der Waals surface area contributed by atoms with Gasteiger partial charge in [-0.3, -0.25) is 0 Å². The molecule has 0 saturated heterocycles. The molecule has 0 radical (unpaired) electrons. The Labute approximate surface area is 110 Å². The molecule has 0 heterocycles. The summed E-state index contributed by atoms with van der Waals surface area (Å²) < 4.78 is 13.2. The molecule has 0 aliphatic carbocycles. The molecule has 4 heteroatoms. The van der Waals surface area contributed by atoms with Gasteiger partial charge in [-0.15, -0.1) is 0 Å². The first-order chi connectivity index (χ1) is 9.13. The summed E-state index contributed by atoms with van der Waals surface area (Å²) in [6, 6.07) is 13.4. The van der Waals surface area contributed by atoms with Crippen molar-refractivity contribution in [3.8, 4) is 12.1 Å². The molecule has 2 aromatic rings. The average Bonchev–Trinajstić information content (AvgIpc) is 2.41. The van der Waals surface area contributed by atoms with Crippen LogP contribution in [0.5, 0.6) is 0 Å². The molecule has 0 fully saturated rings. The number of hydrogen-bond donors (Lipinski definition) is 1. The van der Waals surface area contributed by atoms with Gasteiger partial charge in [0.25, 0.3) is 0 Å². The summed E-state index contributed by atoms with van der Waals surface area (Å²) >= 11 is 0. The maximum absolute atomic E-state index is 13.2. The van der Waals surface area contributed by atoms with Gasteiger partial charge in [-0.2, -0.15) is 10.5 Å². The lowest BCUT2D eigenvalue weighted by molar-refractivity contribution is 0.624. The molecule has 0 aliphatic heterocycles. The molecule has 2 aromatic carbocycles. The Morgan fingerprint density at radius 1 is 1.00 bits per heavy atom. The van der Waals surface area contributed by atoms with Gasteiger partial charge in [0.05, 0.1) is 16.8 Å². The van der Waals surface area contributed by atoms with Gasteiger partial charge in [-0.25, -0.2) is 4.39 Å². The van der Waals surface area contributed by atoms with Crippen LogP contribution in [0.25, 0.3) is 0 Å². The van der Waals surface area contributed by atoms with Crippen LogP contribution in [-0.2, 0) is 0 Å². The smallest absolute Gasteiger partial charge is 0.141 e. The minimum Gasteiger partial charge on any atom is -0.354 e. The number of anilines is 2. The maximum Gasteiger partial charge on any atom is 0.141 e. The van der Waals surface area contributed by atoms with E-state index in [0.717, 1.165) is 5.56 Å². The highest BCUT2D eigenvalue weighted by atomic mass is 19.1. The number of halogens is 1. The topological polar surface area (TPSA) is 59.6 Å². The lowest BCUT2D eigenvalue weighted by atomic mass is 10.1. The summed E-state index contributed by atoms with van der Waals surface area (Å²) in [7, 11) is 0. The highest BCUT2D eigenvalue weighted by Gasteiger charge is 2.06. The largest absolute Gasteiger partial charge is 0.354 e. The minimum absolute atomic E-state index is 0.0313. The van der Waals surface area contributed by atoms with Gasteiger partial charge in [0.2, 0.25) is 0 Å². The van der Waals surface area contributed by atoms with Crippen LogP contribution in [0, 0.1) is 35.4 Å². The first-order valence-corrected chi connectivity index (χ1v) is 5.61. The number of nitrogens with zero attached hydrogens (tertiary/aromatic N) is 2. The summed E-state index contributed by atoms with van der Waals surface area (Å²) in [5, 5.41) is 20.8. The van der Waals surface area contributed by atoms with E-state index in [-0.39, 0.29) is 5.56 Å². The van der Waals surface area contributed by atoms with Crippen molar-refractivity contribution in [1.82, 2.24) is 0 Å². The summed E-state index contributed by atoms with van der Waals surface area (Å²) in [5.41, 5.74) is 2.67. The fourth-order valence-corrected chi connectivity index (χ4v) is 1.70. The number of hydrogen-bond acceptors (Lipinski definition) is 3. The van der Waals surface area contributed by atoms with Crippen LogP contribution in [-0.4, -0.2) is 0 Å². The zero-order valence-electron chi connectivity index (χ0n) is 10.2. The zero-order chi connectivity index (χ0) is 13.8. The molecular formula is C15H10FN3. The first kappa shape index (κ1) is 12.6. The fraction of sp³-hybridized carbons (Fsp3) is 0.0667. The Balaban J connectivity index is 2.40. The molecule has 19 heavy (non-hydrogen) atoms. The Morgan fingerprint density at radius 3 is 2.42 bits per heavy atom. The number of aryl methyl sites for hydroxylation is 1. The second-order valence-corrected chi connectivity index (χ2v) is 4.09. The molecule has 1 N–H and O–H groups in total. The van der Waals surface area contributed by atoms with Crippen molar-refractivity contribution in [1.29, 1.82) is 10.5 Å². The van der Waals surface area contributed by atoms with E-state index in [1.165, 1.54) is 18.2 Å². The molecule has 0 saturated carbocycles. The second kappa shape index (κ2) is 5.20. The lowest BCUT2D eigenvalue weighted by Crippen LogP contribution is -1.96. The van der Waals surface area contributed by atoms with Gasteiger partial charge in [-0.1, -0.05) is 6.07 Å². The van der Waals surface area contributed by atoms with Gasteiger partial charge in [-0.05, 0) is 42.8 Å². The fourth-order valence-electron chi connectivity index (χ4n) is 1.70. The molecule has 0 aliphatic rings. The normalized spacial score (nSPS) is 9.47. The quantitative estimate of drug-likeness (QED) is 0.886. The van der Waals surface area contributed by atoms with Gasteiger partial charge in [0.15, 0.2) is 0 Å². The standard InChI is InChI=1S/C15H10FN3/c1-10-2-3-11(8-17)15(6-10)19-13-4-5-14(16)12(7-13)9-18/h2-7,19H,1H3.